The second-order valence-corrected chi connectivity index (χ2v) is 9.25. The molecule has 2 nitrogen and oxygen atoms in total. The maximum Gasteiger partial charge on any atom is 0.346 e. The average Bonchev–Trinajstić information content (AvgIpc) is 2.80. The summed E-state index contributed by atoms with van der Waals surface area (Å²) in [6.07, 6.45) is 12.1. The van der Waals surface area contributed by atoms with Crippen LogP contribution in [0.4, 0.5) is 8.78 Å². The minimum Gasteiger partial charge on any atom is -0.423 e. The Morgan fingerprint density at radius 2 is 1.50 bits per heavy atom. The summed E-state index contributed by atoms with van der Waals surface area (Å²) in [6, 6.07) is 10.0. The highest BCUT2D eigenvalue weighted by Gasteiger charge is 2.23. The molecular weight excluding hydrogens is 406 g/mol. The average molecular weight is 443 g/mol. The first-order valence-electron chi connectivity index (χ1n) is 12.3. The third kappa shape index (κ3) is 6.63. The van der Waals surface area contributed by atoms with Crippen molar-refractivity contribution in [3.63, 3.8) is 0 Å². The third-order valence-corrected chi connectivity index (χ3v) is 6.81. The monoisotopic (exact) mass is 442 g/mol. The highest BCUT2D eigenvalue weighted by atomic mass is 19.2. The quantitative estimate of drug-likeness (QED) is 0.275. The first-order chi connectivity index (χ1) is 15.5. The van der Waals surface area contributed by atoms with Crippen molar-refractivity contribution in [2.45, 2.75) is 84.5 Å². The molecule has 2 aromatic rings. The van der Waals surface area contributed by atoms with Gasteiger partial charge in [0.25, 0.3) is 0 Å². The van der Waals surface area contributed by atoms with Gasteiger partial charge in [0.15, 0.2) is 11.6 Å². The van der Waals surface area contributed by atoms with Crippen molar-refractivity contribution in [3.8, 4) is 5.75 Å². The molecule has 174 valence electrons. The molecule has 0 amide bonds. The van der Waals surface area contributed by atoms with Gasteiger partial charge >= 0.3 is 5.97 Å². The maximum absolute atomic E-state index is 14.7. The summed E-state index contributed by atoms with van der Waals surface area (Å²) in [5.74, 6) is -1.16. The van der Waals surface area contributed by atoms with Crippen LogP contribution >= 0.6 is 0 Å². The molecule has 0 saturated heterocycles. The minimum atomic E-state index is -1.11. The molecule has 1 aliphatic carbocycles. The molecule has 0 aliphatic heterocycles. The van der Waals surface area contributed by atoms with Crippen LogP contribution in [0.25, 0.3) is 0 Å². The second-order valence-electron chi connectivity index (χ2n) is 9.25. The fraction of sp³-hybridized carbons (Fsp3) is 0.536. The van der Waals surface area contributed by atoms with Crippen molar-refractivity contribution in [1.29, 1.82) is 0 Å². The summed E-state index contributed by atoms with van der Waals surface area (Å²) in [5, 5.41) is 0. The van der Waals surface area contributed by atoms with E-state index in [9.17, 15) is 13.6 Å². The van der Waals surface area contributed by atoms with Crippen molar-refractivity contribution >= 4 is 5.97 Å². The lowest BCUT2D eigenvalue weighted by Crippen LogP contribution is -2.16. The smallest absolute Gasteiger partial charge is 0.346 e. The van der Waals surface area contributed by atoms with E-state index in [-0.39, 0.29) is 5.56 Å². The molecule has 1 saturated carbocycles. The number of unbranched alkanes of at least 4 members (excludes halogenated alkanes) is 1. The zero-order valence-corrected chi connectivity index (χ0v) is 19.5. The molecule has 0 atom stereocenters. The van der Waals surface area contributed by atoms with E-state index in [2.05, 4.69) is 13.8 Å². The fourth-order valence-electron chi connectivity index (χ4n) is 4.78. The molecule has 0 N–H and O–H groups in total. The molecule has 1 fully saturated rings. The van der Waals surface area contributed by atoms with Crippen LogP contribution in [0.15, 0.2) is 36.4 Å². The van der Waals surface area contributed by atoms with Gasteiger partial charge in [0.2, 0.25) is 0 Å². The Bertz CT molecular complexity index is 868. The molecule has 0 spiro atoms. The molecule has 0 radical (unpaired) electrons. The molecule has 3 rings (SSSR count). The number of carbonyl (C=O) groups is 1. The van der Waals surface area contributed by atoms with Gasteiger partial charge < -0.3 is 4.74 Å². The summed E-state index contributed by atoms with van der Waals surface area (Å²) in [4.78, 5) is 12.4. The fourth-order valence-corrected chi connectivity index (χ4v) is 4.78. The number of hydrogen-bond donors (Lipinski definition) is 0. The third-order valence-electron chi connectivity index (χ3n) is 6.81. The van der Waals surface area contributed by atoms with Gasteiger partial charge in [-0.25, -0.2) is 13.6 Å². The predicted molar refractivity (Wildman–Crippen MR) is 125 cm³/mol. The zero-order chi connectivity index (χ0) is 22.9. The van der Waals surface area contributed by atoms with Crippen LogP contribution in [0.5, 0.6) is 5.75 Å². The lowest BCUT2D eigenvalue weighted by atomic mass is 9.78. The molecule has 0 aromatic heterocycles. The predicted octanol–water partition coefficient (Wildman–Crippen LogP) is 8.07. The Balaban J connectivity index is 1.54. The number of halogens is 2. The summed E-state index contributed by atoms with van der Waals surface area (Å²) in [7, 11) is 0. The lowest BCUT2D eigenvalue weighted by Gasteiger charge is -2.28. The summed E-state index contributed by atoms with van der Waals surface area (Å²) in [5.41, 5.74) is 1.12. The van der Waals surface area contributed by atoms with Gasteiger partial charge in [0, 0.05) is 0 Å². The lowest BCUT2D eigenvalue weighted by molar-refractivity contribution is 0.0728. The zero-order valence-electron chi connectivity index (χ0n) is 19.5. The summed E-state index contributed by atoms with van der Waals surface area (Å²) >= 11 is 0. The highest BCUT2D eigenvalue weighted by Crippen LogP contribution is 2.34. The Kier molecular flexibility index (Phi) is 9.25. The maximum atomic E-state index is 14.7. The van der Waals surface area contributed by atoms with Crippen LogP contribution in [0.3, 0.4) is 0 Å². The highest BCUT2D eigenvalue weighted by molar-refractivity contribution is 5.91. The van der Waals surface area contributed by atoms with E-state index >= 15 is 0 Å². The van der Waals surface area contributed by atoms with Gasteiger partial charge in [-0.2, -0.15) is 0 Å². The Morgan fingerprint density at radius 1 is 0.844 bits per heavy atom. The molecular formula is C28H36F2O2. The second kappa shape index (κ2) is 12.1. The van der Waals surface area contributed by atoms with Gasteiger partial charge in [0.1, 0.15) is 5.75 Å². The number of carbonyl (C=O) groups excluding carboxylic acids is 1. The molecule has 32 heavy (non-hydrogen) atoms. The van der Waals surface area contributed by atoms with E-state index in [4.69, 9.17) is 4.74 Å². The topological polar surface area (TPSA) is 26.3 Å². The van der Waals surface area contributed by atoms with Crippen LogP contribution in [0, 0.1) is 23.5 Å². The molecule has 0 heterocycles. The number of aryl methyl sites for hydroxylation is 2. The number of benzene rings is 2. The normalized spacial score (nSPS) is 18.5. The van der Waals surface area contributed by atoms with Crippen molar-refractivity contribution in [2.75, 3.05) is 0 Å². The van der Waals surface area contributed by atoms with E-state index in [1.165, 1.54) is 57.1 Å². The molecule has 4 heteroatoms. The summed E-state index contributed by atoms with van der Waals surface area (Å²) < 4.78 is 34.6. The van der Waals surface area contributed by atoms with Gasteiger partial charge in [-0.1, -0.05) is 83.4 Å². The van der Waals surface area contributed by atoms with E-state index in [1.807, 2.05) is 12.1 Å². The Morgan fingerprint density at radius 3 is 2.12 bits per heavy atom. The number of rotatable bonds is 10. The van der Waals surface area contributed by atoms with E-state index in [0.717, 1.165) is 30.7 Å². The number of hydrogen-bond acceptors (Lipinski definition) is 2. The summed E-state index contributed by atoms with van der Waals surface area (Å²) in [6.45, 7) is 4.32. The van der Waals surface area contributed by atoms with E-state index in [1.54, 1.807) is 12.1 Å². The van der Waals surface area contributed by atoms with Gasteiger partial charge in [-0.15, -0.1) is 0 Å². The Labute approximate surface area is 191 Å². The Hall–Kier alpha value is -2.23. The largest absolute Gasteiger partial charge is 0.423 e. The van der Waals surface area contributed by atoms with Crippen LogP contribution in [-0.2, 0) is 12.8 Å². The molecule has 0 unspecified atom stereocenters. The van der Waals surface area contributed by atoms with E-state index < -0.39 is 17.6 Å². The van der Waals surface area contributed by atoms with Crippen LogP contribution in [0.1, 0.15) is 93.1 Å². The minimum absolute atomic E-state index is 0.327. The molecule has 0 bridgehead atoms. The van der Waals surface area contributed by atoms with Crippen LogP contribution < -0.4 is 4.74 Å². The SMILES string of the molecule is CCCCC1CCC(CCc2ccc(C(=O)Oc3ccc(CCC)cc3)c(F)c2F)CC1. The van der Waals surface area contributed by atoms with Crippen molar-refractivity contribution in [3.05, 3.63) is 64.7 Å². The van der Waals surface area contributed by atoms with Crippen LogP contribution in [-0.4, -0.2) is 5.97 Å². The van der Waals surface area contributed by atoms with Crippen LogP contribution in [0.2, 0.25) is 0 Å². The first-order valence-corrected chi connectivity index (χ1v) is 12.3. The standard InChI is InChI=1S/C28H36F2O2/c1-3-5-7-21-8-10-22(11-9-21)12-15-23-16-19-25(27(30)26(23)29)28(31)32-24-17-13-20(6-4-2)14-18-24/h13-14,16-19,21-22H,3-12,15H2,1-2H3. The van der Waals surface area contributed by atoms with Gasteiger partial charge in [-0.3, -0.25) is 0 Å². The number of esters is 1. The molecule has 1 aliphatic rings. The van der Waals surface area contributed by atoms with Crippen molar-refractivity contribution in [2.24, 2.45) is 11.8 Å². The van der Waals surface area contributed by atoms with Gasteiger partial charge in [0.05, 0.1) is 5.56 Å². The first kappa shape index (κ1) is 24.4. The van der Waals surface area contributed by atoms with Crippen molar-refractivity contribution in [1.82, 2.24) is 0 Å². The number of ether oxygens (including phenoxy) is 1. The van der Waals surface area contributed by atoms with Crippen molar-refractivity contribution < 1.29 is 18.3 Å². The van der Waals surface area contributed by atoms with Gasteiger partial charge in [-0.05, 0) is 60.4 Å². The molecule has 2 aromatic carbocycles. The van der Waals surface area contributed by atoms with E-state index in [0.29, 0.717) is 23.7 Å².